The third kappa shape index (κ3) is 4.62. The van der Waals surface area contributed by atoms with Crippen molar-refractivity contribution < 1.29 is 4.79 Å². The van der Waals surface area contributed by atoms with Crippen LogP contribution in [0.4, 0.5) is 5.69 Å². The highest BCUT2D eigenvalue weighted by Gasteiger charge is 2.17. The molecular weight excluding hydrogens is 366 g/mol. The fraction of sp³-hybridized carbons (Fsp3) is 0.364. The summed E-state index contributed by atoms with van der Waals surface area (Å²) in [5.41, 5.74) is 4.87. The number of amides is 1. The Bertz CT molecular complexity index is 1110. The smallest absolute Gasteiger partial charge is 0.255 e. The second-order valence-corrected chi connectivity index (χ2v) is 7.43. The Morgan fingerprint density at radius 2 is 1.86 bits per heavy atom. The minimum atomic E-state index is -0.284. The number of aromatic nitrogens is 4. The molecule has 1 amide bonds. The summed E-state index contributed by atoms with van der Waals surface area (Å²) in [5, 5.41) is 7.37. The number of nitrogens with one attached hydrogen (secondary N) is 1. The van der Waals surface area contributed by atoms with Crippen LogP contribution in [0.2, 0.25) is 0 Å². The maximum atomic E-state index is 12.8. The van der Waals surface area contributed by atoms with Crippen LogP contribution >= 0.6 is 0 Å². The first-order valence-corrected chi connectivity index (χ1v) is 9.80. The first kappa shape index (κ1) is 20.5. The molecule has 0 aliphatic rings. The molecule has 3 aromatic rings. The first-order valence-electron chi connectivity index (χ1n) is 9.80. The van der Waals surface area contributed by atoms with Gasteiger partial charge >= 0.3 is 0 Å². The van der Waals surface area contributed by atoms with E-state index < -0.39 is 0 Å². The summed E-state index contributed by atoms with van der Waals surface area (Å²) in [5.74, 6) is 0.0799. The zero-order chi connectivity index (χ0) is 21.1. The van der Waals surface area contributed by atoms with Gasteiger partial charge in [0, 0.05) is 23.1 Å². The standard InChI is InChI=1S/C22H27N5O2/c1-6-7-18-12-21(29)26(22(23-18)27-17(5)11-16(4)25-27)13-20(28)24-19-10-14(2)8-9-15(19)3/h8-12H,6-7,13H2,1-5H3,(H,24,28). The van der Waals surface area contributed by atoms with E-state index in [0.29, 0.717) is 18.1 Å². The van der Waals surface area contributed by atoms with Gasteiger partial charge in [-0.25, -0.2) is 9.67 Å². The fourth-order valence-electron chi connectivity index (χ4n) is 3.27. The molecule has 2 heterocycles. The van der Waals surface area contributed by atoms with Crippen molar-refractivity contribution in [2.45, 2.75) is 54.0 Å². The molecule has 0 bridgehead atoms. The number of nitrogens with zero attached hydrogens (tertiary/aromatic N) is 4. The molecule has 1 N–H and O–H groups in total. The molecule has 0 unspecified atom stereocenters. The Labute approximate surface area is 170 Å². The molecule has 2 aromatic heterocycles. The van der Waals surface area contributed by atoms with Gasteiger partial charge in [-0.1, -0.05) is 25.5 Å². The topological polar surface area (TPSA) is 81.8 Å². The minimum Gasteiger partial charge on any atom is -0.324 e. The van der Waals surface area contributed by atoms with Gasteiger partial charge in [0.2, 0.25) is 11.9 Å². The zero-order valence-electron chi connectivity index (χ0n) is 17.6. The lowest BCUT2D eigenvalue weighted by Crippen LogP contribution is -2.32. The highest BCUT2D eigenvalue weighted by Crippen LogP contribution is 2.17. The maximum absolute atomic E-state index is 12.8. The van der Waals surface area contributed by atoms with Crippen molar-refractivity contribution in [3.05, 3.63) is 68.9 Å². The molecule has 0 saturated heterocycles. The number of anilines is 1. The van der Waals surface area contributed by atoms with Gasteiger partial charge in [-0.15, -0.1) is 0 Å². The lowest BCUT2D eigenvalue weighted by atomic mass is 10.1. The minimum absolute atomic E-state index is 0.140. The van der Waals surface area contributed by atoms with Crippen LogP contribution < -0.4 is 10.9 Å². The molecule has 7 nitrogen and oxygen atoms in total. The third-order valence-electron chi connectivity index (χ3n) is 4.72. The van der Waals surface area contributed by atoms with Gasteiger partial charge in [0.25, 0.3) is 5.56 Å². The molecule has 29 heavy (non-hydrogen) atoms. The number of aryl methyl sites for hydroxylation is 5. The van der Waals surface area contributed by atoms with Crippen LogP contribution in [0.25, 0.3) is 5.95 Å². The monoisotopic (exact) mass is 393 g/mol. The second-order valence-electron chi connectivity index (χ2n) is 7.43. The van der Waals surface area contributed by atoms with Crippen molar-refractivity contribution in [1.29, 1.82) is 0 Å². The predicted molar refractivity (Wildman–Crippen MR) is 114 cm³/mol. The Hall–Kier alpha value is -3.22. The average Bonchev–Trinajstić information content (AvgIpc) is 2.98. The summed E-state index contributed by atoms with van der Waals surface area (Å²) in [4.78, 5) is 30.2. The fourth-order valence-corrected chi connectivity index (χ4v) is 3.27. The Balaban J connectivity index is 1.99. The van der Waals surface area contributed by atoms with Gasteiger partial charge in [-0.05, 0) is 57.4 Å². The van der Waals surface area contributed by atoms with Gasteiger partial charge in [-0.2, -0.15) is 5.10 Å². The van der Waals surface area contributed by atoms with Gasteiger partial charge in [0.15, 0.2) is 0 Å². The lowest BCUT2D eigenvalue weighted by molar-refractivity contribution is -0.116. The van der Waals surface area contributed by atoms with Crippen molar-refractivity contribution >= 4 is 11.6 Å². The highest BCUT2D eigenvalue weighted by molar-refractivity contribution is 5.91. The highest BCUT2D eigenvalue weighted by atomic mass is 16.2. The van der Waals surface area contributed by atoms with E-state index in [-0.39, 0.29) is 18.0 Å². The van der Waals surface area contributed by atoms with E-state index >= 15 is 0 Å². The van der Waals surface area contributed by atoms with Crippen LogP contribution in [0.3, 0.4) is 0 Å². The lowest BCUT2D eigenvalue weighted by Gasteiger charge is -2.15. The summed E-state index contributed by atoms with van der Waals surface area (Å²) in [6.45, 7) is 9.59. The van der Waals surface area contributed by atoms with E-state index in [1.54, 1.807) is 4.68 Å². The molecule has 0 aliphatic heterocycles. The number of rotatable bonds is 6. The number of carbonyl (C=O) groups excluding carboxylic acids is 1. The van der Waals surface area contributed by atoms with Crippen molar-refractivity contribution in [3.63, 3.8) is 0 Å². The van der Waals surface area contributed by atoms with Crippen LogP contribution in [0.15, 0.2) is 35.1 Å². The molecular formula is C22H27N5O2. The third-order valence-corrected chi connectivity index (χ3v) is 4.72. The molecule has 0 radical (unpaired) electrons. The number of hydrogen-bond acceptors (Lipinski definition) is 4. The van der Waals surface area contributed by atoms with Crippen LogP contribution in [0.5, 0.6) is 0 Å². The van der Waals surface area contributed by atoms with E-state index in [2.05, 4.69) is 15.4 Å². The van der Waals surface area contributed by atoms with E-state index in [4.69, 9.17) is 0 Å². The van der Waals surface area contributed by atoms with Gasteiger partial charge < -0.3 is 5.32 Å². The molecule has 0 fully saturated rings. The first-order chi connectivity index (χ1) is 13.8. The molecule has 0 aliphatic carbocycles. The Kier molecular flexibility index (Phi) is 5.96. The largest absolute Gasteiger partial charge is 0.324 e. The molecule has 3 rings (SSSR count). The molecule has 152 valence electrons. The van der Waals surface area contributed by atoms with Gasteiger partial charge in [0.05, 0.1) is 5.69 Å². The van der Waals surface area contributed by atoms with Gasteiger partial charge in [0.1, 0.15) is 6.54 Å². The number of carbonyl (C=O) groups is 1. The van der Waals surface area contributed by atoms with Crippen LogP contribution in [-0.4, -0.2) is 25.2 Å². The number of benzene rings is 1. The molecule has 7 heteroatoms. The number of hydrogen-bond donors (Lipinski definition) is 1. The molecule has 0 spiro atoms. The Morgan fingerprint density at radius 3 is 2.52 bits per heavy atom. The van der Waals surface area contributed by atoms with E-state index in [0.717, 1.165) is 34.6 Å². The van der Waals surface area contributed by atoms with Gasteiger partial charge in [-0.3, -0.25) is 14.2 Å². The SMILES string of the molecule is CCCc1cc(=O)n(CC(=O)Nc2cc(C)ccc2C)c(-n2nc(C)cc2C)n1. The van der Waals surface area contributed by atoms with Crippen molar-refractivity contribution in [1.82, 2.24) is 19.3 Å². The molecule has 0 saturated carbocycles. The van der Waals surface area contributed by atoms with E-state index in [1.165, 1.54) is 10.6 Å². The van der Waals surface area contributed by atoms with Crippen LogP contribution in [0, 0.1) is 27.7 Å². The van der Waals surface area contributed by atoms with E-state index in [9.17, 15) is 9.59 Å². The summed E-state index contributed by atoms with van der Waals surface area (Å²) in [6, 6.07) is 9.29. The zero-order valence-corrected chi connectivity index (χ0v) is 17.6. The van der Waals surface area contributed by atoms with Crippen molar-refractivity contribution in [3.8, 4) is 5.95 Å². The summed E-state index contributed by atoms with van der Waals surface area (Å²) in [7, 11) is 0. The van der Waals surface area contributed by atoms with E-state index in [1.807, 2.05) is 58.9 Å². The van der Waals surface area contributed by atoms with Crippen LogP contribution in [0.1, 0.15) is 41.6 Å². The Morgan fingerprint density at radius 1 is 1.10 bits per heavy atom. The second kappa shape index (κ2) is 8.43. The quantitative estimate of drug-likeness (QED) is 0.697. The summed E-state index contributed by atoms with van der Waals surface area (Å²) in [6.07, 6.45) is 1.57. The molecule has 0 atom stereocenters. The van der Waals surface area contributed by atoms with Crippen LogP contribution in [-0.2, 0) is 17.8 Å². The predicted octanol–water partition coefficient (Wildman–Crippen LogP) is 3.25. The summed E-state index contributed by atoms with van der Waals surface area (Å²) >= 11 is 0. The van der Waals surface area contributed by atoms with Crippen molar-refractivity contribution in [2.75, 3.05) is 5.32 Å². The molecule has 1 aromatic carbocycles. The normalized spacial score (nSPS) is 10.9. The average molecular weight is 393 g/mol. The maximum Gasteiger partial charge on any atom is 0.255 e. The van der Waals surface area contributed by atoms with Crippen molar-refractivity contribution in [2.24, 2.45) is 0 Å². The summed E-state index contributed by atoms with van der Waals surface area (Å²) < 4.78 is 3.00.